The lowest BCUT2D eigenvalue weighted by molar-refractivity contribution is 0.279. The van der Waals surface area contributed by atoms with Gasteiger partial charge >= 0.3 is 0 Å². The van der Waals surface area contributed by atoms with Crippen LogP contribution in [0.25, 0.3) is 0 Å². The van der Waals surface area contributed by atoms with Crippen LogP contribution in [0.4, 0.5) is 0 Å². The summed E-state index contributed by atoms with van der Waals surface area (Å²) in [5.41, 5.74) is 0. The molecular weight excluding hydrogens is 232 g/mol. The summed E-state index contributed by atoms with van der Waals surface area (Å²) in [5, 5.41) is 3.83. The zero-order valence-corrected chi connectivity index (χ0v) is 10.6. The molecule has 0 spiro atoms. The molecule has 0 bridgehead atoms. The molecule has 2 heterocycles. The fraction of sp³-hybridized carbons (Fsp3) is 0.889. The number of sulfone groups is 1. The Labute approximate surface area is 95.9 Å². The summed E-state index contributed by atoms with van der Waals surface area (Å²) in [4.78, 5) is 2.06. The van der Waals surface area contributed by atoms with Gasteiger partial charge in [-0.1, -0.05) is 6.92 Å². The standard InChI is InChI=1S/C9H16N2O2S2/c1-3-6(2)11-8-5-15(12,13)4-7(8)10-9(11)14/h6-8H,3-5H2,1-2H3,(H,10,14)/t6-,7-,8+/m0/s1. The molecule has 2 rings (SSSR count). The van der Waals surface area contributed by atoms with Gasteiger partial charge < -0.3 is 10.2 Å². The molecule has 2 saturated heterocycles. The van der Waals surface area contributed by atoms with Gasteiger partial charge in [-0.2, -0.15) is 0 Å². The van der Waals surface area contributed by atoms with Crippen LogP contribution >= 0.6 is 12.2 Å². The van der Waals surface area contributed by atoms with Gasteiger partial charge in [0.05, 0.1) is 23.6 Å². The van der Waals surface area contributed by atoms with E-state index in [-0.39, 0.29) is 23.6 Å². The van der Waals surface area contributed by atoms with E-state index >= 15 is 0 Å². The normalized spacial score (nSPS) is 35.1. The van der Waals surface area contributed by atoms with Crippen molar-refractivity contribution in [2.75, 3.05) is 11.5 Å². The number of fused-ring (bicyclic) bond motifs is 1. The highest BCUT2D eigenvalue weighted by atomic mass is 32.2. The third-order valence-corrected chi connectivity index (χ3v) is 5.33. The van der Waals surface area contributed by atoms with Gasteiger partial charge in [-0.05, 0) is 25.6 Å². The fourth-order valence-corrected chi connectivity index (χ4v) is 4.72. The van der Waals surface area contributed by atoms with Crippen molar-refractivity contribution in [3.05, 3.63) is 0 Å². The van der Waals surface area contributed by atoms with E-state index in [2.05, 4.69) is 24.1 Å². The molecule has 86 valence electrons. The maximum absolute atomic E-state index is 11.5. The van der Waals surface area contributed by atoms with E-state index in [4.69, 9.17) is 12.2 Å². The average molecular weight is 248 g/mol. The largest absolute Gasteiger partial charge is 0.357 e. The molecule has 3 atom stereocenters. The molecule has 2 fully saturated rings. The molecule has 0 unspecified atom stereocenters. The van der Waals surface area contributed by atoms with E-state index in [0.717, 1.165) is 6.42 Å². The lowest BCUT2D eigenvalue weighted by Gasteiger charge is -2.29. The Balaban J connectivity index is 2.23. The summed E-state index contributed by atoms with van der Waals surface area (Å²) >= 11 is 5.23. The van der Waals surface area contributed by atoms with Crippen LogP contribution < -0.4 is 5.32 Å². The summed E-state index contributed by atoms with van der Waals surface area (Å²) < 4.78 is 23.0. The van der Waals surface area contributed by atoms with Gasteiger partial charge in [0.15, 0.2) is 14.9 Å². The number of nitrogens with one attached hydrogen (secondary N) is 1. The van der Waals surface area contributed by atoms with Crippen molar-refractivity contribution >= 4 is 27.2 Å². The molecule has 0 saturated carbocycles. The number of hydrogen-bond acceptors (Lipinski definition) is 3. The van der Waals surface area contributed by atoms with Gasteiger partial charge in [0.25, 0.3) is 0 Å². The minimum Gasteiger partial charge on any atom is -0.357 e. The summed E-state index contributed by atoms with van der Waals surface area (Å²) in [6, 6.07) is 0.377. The maximum Gasteiger partial charge on any atom is 0.169 e. The van der Waals surface area contributed by atoms with Crippen molar-refractivity contribution in [2.24, 2.45) is 0 Å². The lowest BCUT2D eigenvalue weighted by atomic mass is 10.1. The second kappa shape index (κ2) is 3.59. The molecular formula is C9H16N2O2S2. The third-order valence-electron chi connectivity index (χ3n) is 3.29. The Kier molecular flexibility index (Phi) is 2.66. The highest BCUT2D eigenvalue weighted by Gasteiger charge is 2.47. The minimum absolute atomic E-state index is 0.0106. The number of nitrogens with zero attached hydrogens (tertiary/aromatic N) is 1. The zero-order valence-electron chi connectivity index (χ0n) is 8.93. The lowest BCUT2D eigenvalue weighted by Crippen LogP contribution is -2.42. The predicted molar refractivity (Wildman–Crippen MR) is 63.6 cm³/mol. The summed E-state index contributed by atoms with van der Waals surface area (Å²) in [5.74, 6) is 0.472. The van der Waals surface area contributed by atoms with E-state index < -0.39 is 9.84 Å². The van der Waals surface area contributed by atoms with Crippen molar-refractivity contribution in [2.45, 2.75) is 38.4 Å². The first kappa shape index (κ1) is 11.1. The Hall–Kier alpha value is -0.360. The van der Waals surface area contributed by atoms with Crippen LogP contribution in [0.15, 0.2) is 0 Å². The van der Waals surface area contributed by atoms with E-state index in [1.807, 2.05) is 0 Å². The Bertz CT molecular complexity index is 380. The van der Waals surface area contributed by atoms with Gasteiger partial charge in [0.1, 0.15) is 0 Å². The minimum atomic E-state index is -2.87. The first-order valence-corrected chi connectivity index (χ1v) is 7.47. The molecule has 0 aromatic heterocycles. The second-order valence-electron chi connectivity index (χ2n) is 4.36. The van der Waals surface area contributed by atoms with Crippen LogP contribution in [0.5, 0.6) is 0 Å². The molecule has 6 heteroatoms. The van der Waals surface area contributed by atoms with E-state index in [0.29, 0.717) is 11.2 Å². The maximum atomic E-state index is 11.5. The molecule has 0 aromatic carbocycles. The van der Waals surface area contributed by atoms with Gasteiger partial charge in [-0.15, -0.1) is 0 Å². The van der Waals surface area contributed by atoms with E-state index in [1.54, 1.807) is 0 Å². The van der Waals surface area contributed by atoms with Crippen LogP contribution in [0, 0.1) is 0 Å². The van der Waals surface area contributed by atoms with Gasteiger partial charge in [-0.3, -0.25) is 0 Å². The third kappa shape index (κ3) is 1.85. The average Bonchev–Trinajstić information content (AvgIpc) is 2.54. The topological polar surface area (TPSA) is 49.4 Å². The second-order valence-corrected chi connectivity index (χ2v) is 6.91. The monoisotopic (exact) mass is 248 g/mol. The molecule has 0 aliphatic carbocycles. The number of rotatable bonds is 2. The molecule has 0 radical (unpaired) electrons. The Morgan fingerprint density at radius 3 is 2.87 bits per heavy atom. The quantitative estimate of drug-likeness (QED) is 0.705. The summed E-state index contributed by atoms with van der Waals surface area (Å²) in [7, 11) is -2.87. The highest BCUT2D eigenvalue weighted by molar-refractivity contribution is 7.91. The summed E-state index contributed by atoms with van der Waals surface area (Å²) in [6.45, 7) is 4.17. The number of hydrogen-bond donors (Lipinski definition) is 1. The Morgan fingerprint density at radius 2 is 2.27 bits per heavy atom. The molecule has 2 aliphatic heterocycles. The molecule has 1 N–H and O–H groups in total. The van der Waals surface area contributed by atoms with Gasteiger partial charge in [0.2, 0.25) is 0 Å². The van der Waals surface area contributed by atoms with Crippen molar-refractivity contribution < 1.29 is 8.42 Å². The van der Waals surface area contributed by atoms with Crippen molar-refractivity contribution in [1.29, 1.82) is 0 Å². The van der Waals surface area contributed by atoms with Gasteiger partial charge in [0, 0.05) is 6.04 Å². The van der Waals surface area contributed by atoms with E-state index in [1.165, 1.54) is 0 Å². The van der Waals surface area contributed by atoms with Crippen LogP contribution in [0.1, 0.15) is 20.3 Å². The van der Waals surface area contributed by atoms with Crippen molar-refractivity contribution in [3.8, 4) is 0 Å². The van der Waals surface area contributed by atoms with Gasteiger partial charge in [-0.25, -0.2) is 8.42 Å². The molecule has 15 heavy (non-hydrogen) atoms. The summed E-state index contributed by atoms with van der Waals surface area (Å²) in [6.07, 6.45) is 0.977. The fourth-order valence-electron chi connectivity index (χ4n) is 2.35. The van der Waals surface area contributed by atoms with Crippen LogP contribution in [0.2, 0.25) is 0 Å². The van der Waals surface area contributed by atoms with Crippen molar-refractivity contribution in [3.63, 3.8) is 0 Å². The smallest absolute Gasteiger partial charge is 0.169 e. The predicted octanol–water partition coefficient (Wildman–Crippen LogP) is 0.141. The van der Waals surface area contributed by atoms with E-state index in [9.17, 15) is 8.42 Å². The van der Waals surface area contributed by atoms with Crippen LogP contribution in [-0.2, 0) is 9.84 Å². The molecule has 4 nitrogen and oxygen atoms in total. The number of thiocarbonyl (C=S) groups is 1. The van der Waals surface area contributed by atoms with Crippen molar-refractivity contribution in [1.82, 2.24) is 10.2 Å². The first-order valence-electron chi connectivity index (χ1n) is 5.24. The molecule has 2 aliphatic rings. The first-order chi connectivity index (χ1) is 6.94. The SMILES string of the molecule is CC[C@H](C)N1C(=S)N[C@H]2CS(=O)(=O)C[C@H]21. The van der Waals surface area contributed by atoms with Crippen LogP contribution in [0.3, 0.4) is 0 Å². The molecule has 0 aromatic rings. The zero-order chi connectivity index (χ0) is 11.2. The Morgan fingerprint density at radius 1 is 1.60 bits per heavy atom. The molecule has 0 amide bonds. The van der Waals surface area contributed by atoms with Crippen LogP contribution in [-0.4, -0.2) is 48.1 Å². The highest BCUT2D eigenvalue weighted by Crippen LogP contribution is 2.26.